The molecule has 13 heteroatoms. The highest BCUT2D eigenvalue weighted by Crippen LogP contribution is 2.28. The summed E-state index contributed by atoms with van der Waals surface area (Å²) in [4.78, 5) is 26.3. The molecule has 1 amide bonds. The molecule has 2 aliphatic rings. The van der Waals surface area contributed by atoms with Gasteiger partial charge in [0.05, 0.1) is 11.5 Å². The average molecular weight is 497 g/mol. The van der Waals surface area contributed by atoms with Gasteiger partial charge < -0.3 is 9.64 Å². The summed E-state index contributed by atoms with van der Waals surface area (Å²) >= 11 is 2.62. The second kappa shape index (κ2) is 9.55. The van der Waals surface area contributed by atoms with Crippen LogP contribution in [0.25, 0.3) is 0 Å². The maximum atomic E-state index is 12.9. The Morgan fingerprint density at radius 3 is 2.60 bits per heavy atom. The van der Waals surface area contributed by atoms with Gasteiger partial charge in [-0.2, -0.15) is 16.1 Å². The van der Waals surface area contributed by atoms with Crippen molar-refractivity contribution in [3.8, 4) is 0 Å². The summed E-state index contributed by atoms with van der Waals surface area (Å²) in [6, 6.07) is 0.947. The number of likely N-dealkylation sites (N-methyl/N-ethyl adjacent to an activating group) is 1. The van der Waals surface area contributed by atoms with E-state index in [1.54, 1.807) is 18.7 Å². The number of carbonyl (C=O) groups excluding carboxylic acids is 2. The molecule has 30 heavy (non-hydrogen) atoms. The maximum Gasteiger partial charge on any atom is 0.350 e. The van der Waals surface area contributed by atoms with Gasteiger partial charge >= 0.3 is 5.97 Å². The lowest BCUT2D eigenvalue weighted by atomic mass is 10.2. The monoisotopic (exact) mass is 496 g/mol. The van der Waals surface area contributed by atoms with E-state index >= 15 is 0 Å². The summed E-state index contributed by atoms with van der Waals surface area (Å²) in [5, 5.41) is 1.51. The number of amides is 1. The van der Waals surface area contributed by atoms with Crippen LogP contribution < -0.4 is 0 Å². The Kier molecular flexibility index (Phi) is 7.49. The predicted octanol–water partition coefficient (Wildman–Crippen LogP) is 0.678. The lowest BCUT2D eigenvalue weighted by Gasteiger charge is -2.26. The first-order valence-corrected chi connectivity index (χ1v) is 14.8. The van der Waals surface area contributed by atoms with Gasteiger partial charge in [-0.15, -0.1) is 11.3 Å². The molecule has 0 N–H and O–H groups in total. The van der Waals surface area contributed by atoms with Crippen molar-refractivity contribution in [3.05, 3.63) is 16.3 Å². The number of nitrogens with zero attached hydrogens (tertiary/aromatic N) is 2. The number of hydrogen-bond acceptors (Lipinski definition) is 9. The molecule has 0 radical (unpaired) electrons. The number of rotatable bonds is 7. The molecule has 0 aromatic carbocycles. The number of thioether (sulfide) groups is 1. The van der Waals surface area contributed by atoms with Crippen LogP contribution in [0.3, 0.4) is 0 Å². The Labute approximate surface area is 184 Å². The molecule has 3 heterocycles. The molecule has 0 spiro atoms. The summed E-state index contributed by atoms with van der Waals surface area (Å²) < 4.78 is 55.6. The zero-order valence-electron chi connectivity index (χ0n) is 16.5. The topological polar surface area (TPSA) is 118 Å². The van der Waals surface area contributed by atoms with Crippen LogP contribution in [0.1, 0.15) is 23.0 Å². The first-order chi connectivity index (χ1) is 14.2. The molecule has 2 saturated heterocycles. The molecule has 1 aromatic heterocycles. The minimum atomic E-state index is -3.81. The van der Waals surface area contributed by atoms with Crippen molar-refractivity contribution in [1.29, 1.82) is 0 Å². The molecule has 1 atom stereocenters. The van der Waals surface area contributed by atoms with Crippen LogP contribution in [0.15, 0.2) is 16.3 Å². The molecular formula is C17H24N2O7S4. The molecule has 168 valence electrons. The van der Waals surface area contributed by atoms with E-state index in [0.717, 1.165) is 11.3 Å². The highest BCUT2D eigenvalue weighted by molar-refractivity contribution is 7.99. The normalized spacial score (nSPS) is 22.0. The second-order valence-electron chi connectivity index (χ2n) is 6.94. The third kappa shape index (κ3) is 5.18. The smallest absolute Gasteiger partial charge is 0.350 e. The Balaban J connectivity index is 1.66. The fraction of sp³-hybridized carbons (Fsp3) is 0.647. The molecule has 0 bridgehead atoms. The van der Waals surface area contributed by atoms with Crippen LogP contribution in [0.5, 0.6) is 0 Å². The van der Waals surface area contributed by atoms with Crippen molar-refractivity contribution in [2.75, 3.05) is 49.3 Å². The van der Waals surface area contributed by atoms with Gasteiger partial charge in [0, 0.05) is 37.2 Å². The highest BCUT2D eigenvalue weighted by Gasteiger charge is 2.35. The summed E-state index contributed by atoms with van der Waals surface area (Å²) in [6.07, 6.45) is 0.358. The van der Waals surface area contributed by atoms with E-state index in [4.69, 9.17) is 4.74 Å². The number of carbonyl (C=O) groups is 2. The zero-order chi connectivity index (χ0) is 21.9. The Hall–Kier alpha value is -1.15. The number of esters is 1. The van der Waals surface area contributed by atoms with E-state index in [1.807, 2.05) is 0 Å². The van der Waals surface area contributed by atoms with Crippen molar-refractivity contribution >= 4 is 54.8 Å². The third-order valence-electron chi connectivity index (χ3n) is 5.04. The van der Waals surface area contributed by atoms with Crippen molar-refractivity contribution in [1.82, 2.24) is 9.21 Å². The Morgan fingerprint density at radius 2 is 2.00 bits per heavy atom. The van der Waals surface area contributed by atoms with Gasteiger partial charge in [0.1, 0.15) is 9.77 Å². The lowest BCUT2D eigenvalue weighted by molar-refractivity contribution is -0.136. The van der Waals surface area contributed by atoms with E-state index in [2.05, 4.69) is 0 Å². The quantitative estimate of drug-likeness (QED) is 0.506. The first-order valence-electron chi connectivity index (χ1n) is 9.48. The third-order valence-corrected chi connectivity index (χ3v) is 10.7. The van der Waals surface area contributed by atoms with Gasteiger partial charge in [-0.25, -0.2) is 21.6 Å². The largest absolute Gasteiger partial charge is 0.451 e. The molecule has 0 saturated carbocycles. The molecule has 3 rings (SSSR count). The minimum Gasteiger partial charge on any atom is -0.451 e. The average Bonchev–Trinajstić information content (AvgIpc) is 3.34. The van der Waals surface area contributed by atoms with Gasteiger partial charge in [-0.05, 0) is 24.8 Å². The molecule has 1 aromatic rings. The number of ether oxygens (including phenoxy) is 1. The van der Waals surface area contributed by atoms with E-state index in [-0.39, 0.29) is 21.3 Å². The van der Waals surface area contributed by atoms with Gasteiger partial charge in [-0.1, -0.05) is 0 Å². The summed E-state index contributed by atoms with van der Waals surface area (Å²) in [7, 11) is -6.97. The number of hydrogen-bond donors (Lipinski definition) is 0. The number of thiophene rings is 1. The number of sulfone groups is 1. The maximum absolute atomic E-state index is 12.9. The van der Waals surface area contributed by atoms with Gasteiger partial charge in [0.25, 0.3) is 5.91 Å². The molecule has 0 aliphatic carbocycles. The van der Waals surface area contributed by atoms with Crippen molar-refractivity contribution in [2.45, 2.75) is 24.3 Å². The molecular weight excluding hydrogens is 472 g/mol. The molecule has 9 nitrogen and oxygen atoms in total. The van der Waals surface area contributed by atoms with Crippen molar-refractivity contribution in [2.24, 2.45) is 0 Å². The van der Waals surface area contributed by atoms with E-state index < -0.39 is 44.4 Å². The number of sulfonamides is 1. The van der Waals surface area contributed by atoms with Crippen LogP contribution in [0, 0.1) is 0 Å². The lowest BCUT2D eigenvalue weighted by Crippen LogP contribution is -2.43. The summed E-state index contributed by atoms with van der Waals surface area (Å²) in [6.45, 7) is 2.21. The van der Waals surface area contributed by atoms with Crippen LogP contribution in [0.4, 0.5) is 0 Å². The van der Waals surface area contributed by atoms with E-state index in [9.17, 15) is 26.4 Å². The zero-order valence-corrected chi connectivity index (χ0v) is 19.7. The summed E-state index contributed by atoms with van der Waals surface area (Å²) in [5.41, 5.74) is 0. The van der Waals surface area contributed by atoms with E-state index in [0.29, 0.717) is 37.6 Å². The predicted molar refractivity (Wildman–Crippen MR) is 115 cm³/mol. The minimum absolute atomic E-state index is 0.0344. The second-order valence-corrected chi connectivity index (χ2v) is 13.2. The summed E-state index contributed by atoms with van der Waals surface area (Å²) in [5.74, 6) is -0.0439. The van der Waals surface area contributed by atoms with Crippen molar-refractivity contribution < 1.29 is 31.2 Å². The molecule has 2 fully saturated rings. The van der Waals surface area contributed by atoms with Crippen LogP contribution >= 0.6 is 23.1 Å². The van der Waals surface area contributed by atoms with Gasteiger partial charge in [0.15, 0.2) is 16.4 Å². The van der Waals surface area contributed by atoms with Crippen molar-refractivity contribution in [3.63, 3.8) is 0 Å². The fourth-order valence-electron chi connectivity index (χ4n) is 3.51. The molecule has 1 unspecified atom stereocenters. The Morgan fingerprint density at radius 1 is 1.30 bits per heavy atom. The van der Waals surface area contributed by atoms with Gasteiger partial charge in [0.2, 0.25) is 10.0 Å². The van der Waals surface area contributed by atoms with Crippen LogP contribution in [0.2, 0.25) is 0 Å². The Bertz CT molecular complexity index is 997. The van der Waals surface area contributed by atoms with Gasteiger partial charge in [-0.3, -0.25) is 4.79 Å². The van der Waals surface area contributed by atoms with E-state index in [1.165, 1.54) is 20.7 Å². The SMILES string of the molecule is CCN(C(=O)COC(=O)c1sccc1S(=O)(=O)N1CCSCC1)C1CCS(=O)(=O)C1. The molecule has 2 aliphatic heterocycles. The van der Waals surface area contributed by atoms with Crippen LogP contribution in [-0.4, -0.2) is 93.2 Å². The van der Waals surface area contributed by atoms with Crippen LogP contribution in [-0.2, 0) is 29.4 Å². The first kappa shape index (κ1) is 23.5. The highest BCUT2D eigenvalue weighted by atomic mass is 32.2. The fourth-order valence-corrected chi connectivity index (χ4v) is 9.10. The standard InChI is InChI=1S/C17H24N2O7S4/c1-2-19(13-4-10-29(22,23)12-13)15(20)11-26-17(21)16-14(3-7-28-16)30(24,25)18-5-8-27-9-6-18/h3,7,13H,2,4-6,8-12H2,1H3.